The molecule has 1 aromatic rings. The molecule has 22 heavy (non-hydrogen) atoms. The Morgan fingerprint density at radius 3 is 2.91 bits per heavy atom. The third kappa shape index (κ3) is 4.21. The summed E-state index contributed by atoms with van der Waals surface area (Å²) in [6.07, 6.45) is 4.69. The molecule has 1 heterocycles. The summed E-state index contributed by atoms with van der Waals surface area (Å²) in [6, 6.07) is 6.51. The minimum Gasteiger partial charge on any atom is -0.379 e. The van der Waals surface area contributed by atoms with E-state index >= 15 is 0 Å². The average molecular weight is 302 g/mol. The number of hydrogen-bond acceptors (Lipinski definition) is 3. The molecule has 1 aliphatic carbocycles. The molecule has 0 bridgehead atoms. The Balaban J connectivity index is 1.42. The second kappa shape index (κ2) is 7.61. The third-order valence-corrected chi connectivity index (χ3v) is 4.39. The van der Waals surface area contributed by atoms with Crippen molar-refractivity contribution < 1.29 is 4.74 Å². The van der Waals surface area contributed by atoms with E-state index in [9.17, 15) is 0 Å². The van der Waals surface area contributed by atoms with Gasteiger partial charge in [-0.2, -0.15) is 0 Å². The molecule has 0 spiro atoms. The van der Waals surface area contributed by atoms with Crippen LogP contribution in [0.5, 0.6) is 0 Å². The van der Waals surface area contributed by atoms with E-state index in [1.54, 1.807) is 0 Å². The van der Waals surface area contributed by atoms with E-state index < -0.39 is 0 Å². The predicted octanol–water partition coefficient (Wildman–Crippen LogP) is 1.62. The number of nitrogens with one attached hydrogen (secondary N) is 1. The van der Waals surface area contributed by atoms with Crippen molar-refractivity contribution in [2.45, 2.75) is 25.7 Å². The van der Waals surface area contributed by atoms with Crippen molar-refractivity contribution in [2.75, 3.05) is 44.7 Å². The quantitative estimate of drug-likeness (QED) is 0.493. The van der Waals surface area contributed by atoms with Crippen molar-refractivity contribution in [3.8, 4) is 0 Å². The van der Waals surface area contributed by atoms with Crippen LogP contribution in [0.3, 0.4) is 0 Å². The zero-order chi connectivity index (χ0) is 15.2. The van der Waals surface area contributed by atoms with Crippen LogP contribution in [-0.2, 0) is 17.6 Å². The second-order valence-electron chi connectivity index (χ2n) is 6.04. The minimum atomic E-state index is 0.514. The number of anilines is 1. The van der Waals surface area contributed by atoms with E-state index in [0.29, 0.717) is 5.96 Å². The predicted molar refractivity (Wildman–Crippen MR) is 90.5 cm³/mol. The van der Waals surface area contributed by atoms with Gasteiger partial charge >= 0.3 is 0 Å². The number of nitrogens with two attached hydrogens (primary N) is 1. The molecule has 0 aromatic heterocycles. The molecule has 1 saturated heterocycles. The average Bonchev–Trinajstić information content (AvgIpc) is 3.00. The number of morpholine rings is 1. The number of guanidine groups is 1. The number of nitrogens with zero attached hydrogens (tertiary/aromatic N) is 2. The van der Waals surface area contributed by atoms with Crippen molar-refractivity contribution in [2.24, 2.45) is 10.7 Å². The fourth-order valence-corrected chi connectivity index (χ4v) is 3.16. The second-order valence-corrected chi connectivity index (χ2v) is 6.04. The molecule has 5 nitrogen and oxygen atoms in total. The Morgan fingerprint density at radius 2 is 2.05 bits per heavy atom. The van der Waals surface area contributed by atoms with Gasteiger partial charge in [0, 0.05) is 31.9 Å². The zero-order valence-corrected chi connectivity index (χ0v) is 13.2. The van der Waals surface area contributed by atoms with Gasteiger partial charge in [-0.15, -0.1) is 0 Å². The largest absolute Gasteiger partial charge is 0.379 e. The highest BCUT2D eigenvalue weighted by Crippen LogP contribution is 2.24. The summed E-state index contributed by atoms with van der Waals surface area (Å²) in [5.41, 5.74) is 9.95. The lowest BCUT2D eigenvalue weighted by molar-refractivity contribution is 0.0377. The molecule has 3 N–H and O–H groups in total. The van der Waals surface area contributed by atoms with Crippen LogP contribution >= 0.6 is 0 Å². The van der Waals surface area contributed by atoms with Crippen LogP contribution in [-0.4, -0.2) is 50.3 Å². The van der Waals surface area contributed by atoms with Gasteiger partial charge in [0.15, 0.2) is 5.96 Å². The number of ether oxygens (including phenoxy) is 1. The molecule has 5 heteroatoms. The first-order chi connectivity index (χ1) is 10.8. The fourth-order valence-electron chi connectivity index (χ4n) is 3.16. The van der Waals surface area contributed by atoms with Crippen molar-refractivity contribution in [1.82, 2.24) is 4.90 Å². The van der Waals surface area contributed by atoms with Crippen molar-refractivity contribution in [3.63, 3.8) is 0 Å². The summed E-state index contributed by atoms with van der Waals surface area (Å²) in [4.78, 5) is 6.84. The van der Waals surface area contributed by atoms with Gasteiger partial charge in [-0.1, -0.05) is 6.07 Å². The molecule has 0 amide bonds. The lowest BCUT2D eigenvalue weighted by atomic mass is 10.1. The first kappa shape index (κ1) is 15.3. The molecule has 0 radical (unpaired) electrons. The topological polar surface area (TPSA) is 62.9 Å². The lowest BCUT2D eigenvalue weighted by Crippen LogP contribution is -2.37. The molecule has 2 aliphatic rings. The molecule has 1 aliphatic heterocycles. The van der Waals surface area contributed by atoms with Gasteiger partial charge in [0.2, 0.25) is 0 Å². The smallest absolute Gasteiger partial charge is 0.193 e. The van der Waals surface area contributed by atoms with Gasteiger partial charge in [0.1, 0.15) is 0 Å². The number of aliphatic imine (C=N–C) groups is 1. The number of hydrogen-bond donors (Lipinski definition) is 2. The van der Waals surface area contributed by atoms with E-state index in [0.717, 1.165) is 51.5 Å². The number of aryl methyl sites for hydroxylation is 2. The standard InChI is InChI=1S/C17H26N4O/c18-17(19-7-2-8-21-9-11-22-12-10-21)20-16-6-5-14-3-1-4-15(14)13-16/h5-6,13H,1-4,7-12H2,(H3,18,19,20). The van der Waals surface area contributed by atoms with Gasteiger partial charge in [0.05, 0.1) is 13.2 Å². The minimum absolute atomic E-state index is 0.514. The van der Waals surface area contributed by atoms with Gasteiger partial charge in [-0.25, -0.2) is 0 Å². The Labute approximate surface area is 132 Å². The van der Waals surface area contributed by atoms with Gasteiger partial charge < -0.3 is 15.8 Å². The first-order valence-corrected chi connectivity index (χ1v) is 8.30. The highest BCUT2D eigenvalue weighted by molar-refractivity contribution is 5.92. The highest BCUT2D eigenvalue weighted by atomic mass is 16.5. The third-order valence-electron chi connectivity index (χ3n) is 4.39. The summed E-state index contributed by atoms with van der Waals surface area (Å²) in [5.74, 6) is 0.514. The van der Waals surface area contributed by atoms with Crippen LogP contribution in [0.4, 0.5) is 5.69 Å². The first-order valence-electron chi connectivity index (χ1n) is 8.30. The van der Waals surface area contributed by atoms with Crippen LogP contribution in [0, 0.1) is 0 Å². The van der Waals surface area contributed by atoms with E-state index in [4.69, 9.17) is 10.5 Å². The summed E-state index contributed by atoms with van der Waals surface area (Å²) in [6.45, 7) is 5.61. The Kier molecular flexibility index (Phi) is 5.29. The van der Waals surface area contributed by atoms with E-state index in [1.807, 2.05) is 0 Å². The van der Waals surface area contributed by atoms with Crippen LogP contribution < -0.4 is 11.1 Å². The van der Waals surface area contributed by atoms with Crippen molar-refractivity contribution in [3.05, 3.63) is 29.3 Å². The Bertz CT molecular complexity index is 523. The number of rotatable bonds is 5. The maximum absolute atomic E-state index is 5.98. The zero-order valence-electron chi connectivity index (χ0n) is 13.2. The Hall–Kier alpha value is -1.59. The molecular weight excluding hydrogens is 276 g/mol. The van der Waals surface area contributed by atoms with Crippen LogP contribution in [0.15, 0.2) is 23.2 Å². The van der Waals surface area contributed by atoms with Crippen molar-refractivity contribution in [1.29, 1.82) is 0 Å². The van der Waals surface area contributed by atoms with Crippen LogP contribution in [0.25, 0.3) is 0 Å². The lowest BCUT2D eigenvalue weighted by Gasteiger charge is -2.26. The van der Waals surface area contributed by atoms with Gasteiger partial charge in [-0.3, -0.25) is 9.89 Å². The normalized spacial score (nSPS) is 19.2. The monoisotopic (exact) mass is 302 g/mol. The van der Waals surface area contributed by atoms with Crippen LogP contribution in [0.1, 0.15) is 24.0 Å². The maximum atomic E-state index is 5.98. The molecule has 0 atom stereocenters. The van der Waals surface area contributed by atoms with Gasteiger partial charge in [0.25, 0.3) is 0 Å². The fraction of sp³-hybridized carbons (Fsp3) is 0.588. The van der Waals surface area contributed by atoms with E-state index in [2.05, 4.69) is 33.4 Å². The van der Waals surface area contributed by atoms with E-state index in [1.165, 1.54) is 30.4 Å². The summed E-state index contributed by atoms with van der Waals surface area (Å²) in [5, 5.41) is 3.20. The summed E-state index contributed by atoms with van der Waals surface area (Å²) < 4.78 is 5.34. The number of fused-ring (bicyclic) bond motifs is 1. The summed E-state index contributed by atoms with van der Waals surface area (Å²) in [7, 11) is 0. The maximum Gasteiger partial charge on any atom is 0.193 e. The molecular formula is C17H26N4O. The molecule has 3 rings (SSSR count). The molecule has 1 aromatic carbocycles. The molecule has 1 fully saturated rings. The van der Waals surface area contributed by atoms with E-state index in [-0.39, 0.29) is 0 Å². The molecule has 120 valence electrons. The Morgan fingerprint density at radius 1 is 1.23 bits per heavy atom. The molecule has 0 unspecified atom stereocenters. The van der Waals surface area contributed by atoms with Crippen LogP contribution in [0.2, 0.25) is 0 Å². The molecule has 0 saturated carbocycles. The summed E-state index contributed by atoms with van der Waals surface area (Å²) >= 11 is 0. The van der Waals surface area contributed by atoms with Gasteiger partial charge in [-0.05, 0) is 48.9 Å². The highest BCUT2D eigenvalue weighted by Gasteiger charge is 2.11. The van der Waals surface area contributed by atoms with Crippen molar-refractivity contribution >= 4 is 11.6 Å². The number of benzene rings is 1. The SMILES string of the molecule is NC(=NCCCN1CCOCC1)Nc1ccc2c(c1)CCC2.